The maximum absolute atomic E-state index is 12.7. The quantitative estimate of drug-likeness (QED) is 0.831. The standard InChI is InChI=1S/C18H19F3N2O3S/c1-11(2)27(24,25)23-14-8-12-6-7-15(10-13(12)9-14)26-17-5-3-4-16(22-17)18(19,20)21/h3-7,10-11,14,23H,8-9H2,1-2H3/t14-/m0/s1. The lowest BCUT2D eigenvalue weighted by Crippen LogP contribution is -2.39. The molecule has 0 bridgehead atoms. The third-order valence-electron chi connectivity index (χ3n) is 4.30. The van der Waals surface area contributed by atoms with Gasteiger partial charge in [-0.25, -0.2) is 18.1 Å². The van der Waals surface area contributed by atoms with E-state index in [0.29, 0.717) is 18.6 Å². The Morgan fingerprint density at radius 3 is 2.52 bits per heavy atom. The number of rotatable bonds is 5. The van der Waals surface area contributed by atoms with Crippen molar-refractivity contribution in [3.8, 4) is 11.6 Å². The van der Waals surface area contributed by atoms with E-state index in [2.05, 4.69) is 9.71 Å². The molecule has 1 aromatic carbocycles. The maximum Gasteiger partial charge on any atom is 0.433 e. The van der Waals surface area contributed by atoms with Crippen LogP contribution in [0.15, 0.2) is 36.4 Å². The van der Waals surface area contributed by atoms with Gasteiger partial charge in [-0.1, -0.05) is 12.1 Å². The van der Waals surface area contributed by atoms with E-state index >= 15 is 0 Å². The first-order chi connectivity index (χ1) is 12.5. The van der Waals surface area contributed by atoms with Crippen molar-refractivity contribution in [1.29, 1.82) is 0 Å². The number of pyridine rings is 1. The maximum atomic E-state index is 12.7. The van der Waals surface area contributed by atoms with Crippen LogP contribution in [0.1, 0.15) is 30.7 Å². The summed E-state index contributed by atoms with van der Waals surface area (Å²) in [5, 5.41) is -0.521. The molecule has 27 heavy (non-hydrogen) atoms. The second-order valence-electron chi connectivity index (χ2n) is 6.71. The molecular weight excluding hydrogens is 381 g/mol. The third kappa shape index (κ3) is 4.59. The van der Waals surface area contributed by atoms with Crippen molar-refractivity contribution in [3.63, 3.8) is 0 Å². The Morgan fingerprint density at radius 1 is 1.15 bits per heavy atom. The lowest BCUT2D eigenvalue weighted by molar-refractivity contribution is -0.141. The molecular formula is C18H19F3N2O3S. The van der Waals surface area contributed by atoms with Crippen LogP contribution in [0.5, 0.6) is 11.6 Å². The van der Waals surface area contributed by atoms with Crippen LogP contribution in [0, 0.1) is 0 Å². The Labute approximate surface area is 155 Å². The highest BCUT2D eigenvalue weighted by atomic mass is 32.2. The number of alkyl halides is 3. The van der Waals surface area contributed by atoms with Crippen molar-refractivity contribution < 1.29 is 26.3 Å². The van der Waals surface area contributed by atoms with Crippen LogP contribution in [0.2, 0.25) is 0 Å². The Balaban J connectivity index is 1.73. The Hall–Kier alpha value is -2.13. The van der Waals surface area contributed by atoms with Crippen molar-refractivity contribution >= 4 is 10.0 Å². The highest BCUT2D eigenvalue weighted by molar-refractivity contribution is 7.90. The smallest absolute Gasteiger partial charge is 0.433 e. The molecule has 0 amide bonds. The zero-order valence-corrected chi connectivity index (χ0v) is 15.6. The van der Waals surface area contributed by atoms with E-state index in [4.69, 9.17) is 4.74 Å². The molecule has 9 heteroatoms. The molecule has 0 unspecified atom stereocenters. The minimum Gasteiger partial charge on any atom is -0.439 e. The van der Waals surface area contributed by atoms with Gasteiger partial charge in [0.2, 0.25) is 15.9 Å². The van der Waals surface area contributed by atoms with Gasteiger partial charge < -0.3 is 4.74 Å². The van der Waals surface area contributed by atoms with Crippen LogP contribution >= 0.6 is 0 Å². The van der Waals surface area contributed by atoms with Crippen molar-refractivity contribution in [2.75, 3.05) is 0 Å². The average Bonchev–Trinajstić information content (AvgIpc) is 2.95. The molecule has 1 heterocycles. The molecule has 2 aromatic rings. The number of benzene rings is 1. The number of nitrogens with one attached hydrogen (secondary N) is 1. The van der Waals surface area contributed by atoms with Gasteiger partial charge in [-0.05, 0) is 56.0 Å². The minimum atomic E-state index is -4.54. The number of hydrogen-bond acceptors (Lipinski definition) is 4. The van der Waals surface area contributed by atoms with E-state index in [-0.39, 0.29) is 11.9 Å². The molecule has 5 nitrogen and oxygen atoms in total. The number of hydrogen-bond donors (Lipinski definition) is 1. The van der Waals surface area contributed by atoms with Crippen LogP contribution in [0.3, 0.4) is 0 Å². The largest absolute Gasteiger partial charge is 0.439 e. The number of ether oxygens (including phenoxy) is 1. The predicted octanol–water partition coefficient (Wildman–Crippen LogP) is 3.69. The molecule has 0 saturated heterocycles. The number of halogens is 3. The number of nitrogens with zero attached hydrogens (tertiary/aromatic N) is 1. The predicted molar refractivity (Wildman–Crippen MR) is 94.1 cm³/mol. The van der Waals surface area contributed by atoms with E-state index in [9.17, 15) is 21.6 Å². The lowest BCUT2D eigenvalue weighted by Gasteiger charge is -2.14. The molecule has 0 saturated carbocycles. The van der Waals surface area contributed by atoms with Gasteiger partial charge in [0.1, 0.15) is 11.4 Å². The Morgan fingerprint density at radius 2 is 1.85 bits per heavy atom. The highest BCUT2D eigenvalue weighted by Crippen LogP contribution is 2.32. The molecule has 0 fully saturated rings. The number of fused-ring (bicyclic) bond motifs is 1. The summed E-state index contributed by atoms with van der Waals surface area (Å²) in [6.07, 6.45) is -3.49. The van der Waals surface area contributed by atoms with Gasteiger partial charge >= 0.3 is 6.18 Å². The second kappa shape index (κ2) is 7.12. The summed E-state index contributed by atoms with van der Waals surface area (Å²) in [7, 11) is -3.37. The lowest BCUT2D eigenvalue weighted by atomic mass is 10.1. The van der Waals surface area contributed by atoms with E-state index in [0.717, 1.165) is 17.2 Å². The third-order valence-corrected chi connectivity index (χ3v) is 6.20. The Bertz CT molecular complexity index is 943. The van der Waals surface area contributed by atoms with Gasteiger partial charge in [-0.3, -0.25) is 0 Å². The summed E-state index contributed by atoms with van der Waals surface area (Å²) >= 11 is 0. The van der Waals surface area contributed by atoms with E-state index < -0.39 is 27.1 Å². The average molecular weight is 400 g/mol. The molecule has 146 valence electrons. The van der Waals surface area contributed by atoms with Crippen molar-refractivity contribution in [2.45, 2.75) is 44.2 Å². The molecule has 1 aliphatic carbocycles. The van der Waals surface area contributed by atoms with Gasteiger partial charge in [0.25, 0.3) is 0 Å². The van der Waals surface area contributed by atoms with Gasteiger partial charge in [-0.2, -0.15) is 13.2 Å². The fourth-order valence-electron chi connectivity index (χ4n) is 2.86. The van der Waals surface area contributed by atoms with Gasteiger partial charge in [0.15, 0.2) is 0 Å². The summed E-state index contributed by atoms with van der Waals surface area (Å²) < 4.78 is 70.4. The van der Waals surface area contributed by atoms with Crippen LogP contribution in [-0.2, 0) is 29.0 Å². The molecule has 1 N–H and O–H groups in total. The van der Waals surface area contributed by atoms with Gasteiger partial charge in [-0.15, -0.1) is 0 Å². The summed E-state index contributed by atoms with van der Waals surface area (Å²) in [5.74, 6) is 0.202. The van der Waals surface area contributed by atoms with Crippen molar-refractivity contribution in [2.24, 2.45) is 0 Å². The second-order valence-corrected chi connectivity index (χ2v) is 8.98. The van der Waals surface area contributed by atoms with Crippen LogP contribution in [-0.4, -0.2) is 24.7 Å². The summed E-state index contributed by atoms with van der Waals surface area (Å²) in [6.45, 7) is 3.22. The molecule has 3 rings (SSSR count). The van der Waals surface area contributed by atoms with Crippen molar-refractivity contribution in [3.05, 3.63) is 53.2 Å². The van der Waals surface area contributed by atoms with E-state index in [1.807, 2.05) is 0 Å². The first-order valence-electron chi connectivity index (χ1n) is 8.39. The molecule has 1 atom stereocenters. The first-order valence-corrected chi connectivity index (χ1v) is 9.94. The van der Waals surface area contributed by atoms with E-state index in [1.165, 1.54) is 12.1 Å². The molecule has 0 aliphatic heterocycles. The normalized spacial score (nSPS) is 17.2. The fourth-order valence-corrected chi connectivity index (χ4v) is 3.76. The fraction of sp³-hybridized carbons (Fsp3) is 0.389. The minimum absolute atomic E-state index is 0.153. The van der Waals surface area contributed by atoms with Gasteiger partial charge in [0.05, 0.1) is 5.25 Å². The van der Waals surface area contributed by atoms with Crippen LogP contribution in [0.4, 0.5) is 13.2 Å². The molecule has 0 radical (unpaired) electrons. The number of sulfonamides is 1. The monoisotopic (exact) mass is 400 g/mol. The zero-order chi connectivity index (χ0) is 19.8. The molecule has 1 aliphatic rings. The van der Waals surface area contributed by atoms with Gasteiger partial charge in [0, 0.05) is 12.1 Å². The summed E-state index contributed by atoms with van der Waals surface area (Å²) in [5.41, 5.74) is 0.857. The topological polar surface area (TPSA) is 68.3 Å². The first kappa shape index (κ1) is 19.6. The number of aromatic nitrogens is 1. The Kier molecular flexibility index (Phi) is 5.18. The zero-order valence-electron chi connectivity index (χ0n) is 14.7. The molecule has 1 aromatic heterocycles. The van der Waals surface area contributed by atoms with Crippen LogP contribution in [0.25, 0.3) is 0 Å². The highest BCUT2D eigenvalue weighted by Gasteiger charge is 2.33. The van der Waals surface area contributed by atoms with E-state index in [1.54, 1.807) is 32.0 Å². The molecule has 0 spiro atoms. The summed E-state index contributed by atoms with van der Waals surface area (Å²) in [6, 6.07) is 8.36. The SMILES string of the molecule is CC(C)S(=O)(=O)N[C@H]1Cc2ccc(Oc3cccc(C(F)(F)F)n3)cc2C1. The van der Waals surface area contributed by atoms with Crippen molar-refractivity contribution in [1.82, 2.24) is 9.71 Å². The summed E-state index contributed by atoms with van der Waals surface area (Å²) in [4.78, 5) is 3.48. The van der Waals surface area contributed by atoms with Crippen LogP contribution < -0.4 is 9.46 Å².